The molecule has 2 rings (SSSR count). The van der Waals surface area contributed by atoms with Gasteiger partial charge in [0.15, 0.2) is 0 Å². The summed E-state index contributed by atoms with van der Waals surface area (Å²) < 4.78 is 11.7. The number of hydrogen-bond acceptors (Lipinski definition) is 3. The molecule has 0 saturated carbocycles. The highest BCUT2D eigenvalue weighted by Gasteiger charge is 2.24. The predicted molar refractivity (Wildman–Crippen MR) is 77.2 cm³/mol. The first kappa shape index (κ1) is 14.5. The molecule has 2 unspecified atom stereocenters. The number of hydrogen-bond donors (Lipinski definition) is 1. The Morgan fingerprint density at radius 3 is 2.79 bits per heavy atom. The maximum absolute atomic E-state index is 5.96. The molecular weight excluding hydrogens is 238 g/mol. The van der Waals surface area contributed by atoms with Gasteiger partial charge in [0.1, 0.15) is 0 Å². The highest BCUT2D eigenvalue weighted by Crippen LogP contribution is 2.19. The van der Waals surface area contributed by atoms with Gasteiger partial charge in [-0.2, -0.15) is 0 Å². The second kappa shape index (κ2) is 8.31. The van der Waals surface area contributed by atoms with Crippen LogP contribution in [0, 0.1) is 0 Å². The molecule has 1 heterocycles. The Balaban J connectivity index is 1.57. The van der Waals surface area contributed by atoms with E-state index in [4.69, 9.17) is 9.47 Å². The third-order valence-electron chi connectivity index (χ3n) is 3.41. The van der Waals surface area contributed by atoms with Gasteiger partial charge in [-0.3, -0.25) is 0 Å². The largest absolute Gasteiger partial charge is 0.374 e. The van der Waals surface area contributed by atoms with Gasteiger partial charge in [0.05, 0.1) is 25.4 Å². The molecule has 1 fully saturated rings. The van der Waals surface area contributed by atoms with E-state index in [9.17, 15) is 0 Å². The van der Waals surface area contributed by atoms with E-state index in [1.165, 1.54) is 12.0 Å². The molecule has 2 atom stereocenters. The SMILES string of the molecule is CCCNCC1CCC(COCc2ccccc2)O1. The summed E-state index contributed by atoms with van der Waals surface area (Å²) in [5.41, 5.74) is 1.22. The van der Waals surface area contributed by atoms with Gasteiger partial charge in [-0.1, -0.05) is 37.3 Å². The van der Waals surface area contributed by atoms with Gasteiger partial charge >= 0.3 is 0 Å². The van der Waals surface area contributed by atoms with Gasteiger partial charge < -0.3 is 14.8 Å². The van der Waals surface area contributed by atoms with Crippen molar-refractivity contribution in [2.75, 3.05) is 19.7 Å². The summed E-state index contributed by atoms with van der Waals surface area (Å²) in [7, 11) is 0. The molecule has 0 amide bonds. The van der Waals surface area contributed by atoms with Crippen LogP contribution in [0.25, 0.3) is 0 Å². The average molecular weight is 263 g/mol. The second-order valence-corrected chi connectivity index (χ2v) is 5.16. The van der Waals surface area contributed by atoms with Gasteiger partial charge in [0, 0.05) is 6.54 Å². The molecule has 0 spiro atoms. The summed E-state index contributed by atoms with van der Waals surface area (Å²) in [4.78, 5) is 0. The van der Waals surface area contributed by atoms with Crippen molar-refractivity contribution in [3.05, 3.63) is 35.9 Å². The van der Waals surface area contributed by atoms with Crippen LogP contribution >= 0.6 is 0 Å². The Morgan fingerprint density at radius 2 is 2.00 bits per heavy atom. The van der Waals surface area contributed by atoms with Gasteiger partial charge in [-0.15, -0.1) is 0 Å². The number of ether oxygens (including phenoxy) is 2. The second-order valence-electron chi connectivity index (χ2n) is 5.16. The molecule has 1 aliphatic rings. The molecule has 3 nitrogen and oxygen atoms in total. The molecule has 1 aromatic carbocycles. The number of nitrogens with one attached hydrogen (secondary N) is 1. The van der Waals surface area contributed by atoms with Crippen LogP contribution in [0.2, 0.25) is 0 Å². The molecule has 1 N–H and O–H groups in total. The molecule has 3 heteroatoms. The first-order chi connectivity index (χ1) is 9.38. The van der Waals surface area contributed by atoms with E-state index in [1.54, 1.807) is 0 Å². The number of rotatable bonds is 8. The Bertz CT molecular complexity index is 342. The minimum atomic E-state index is 0.275. The minimum absolute atomic E-state index is 0.275. The Morgan fingerprint density at radius 1 is 1.21 bits per heavy atom. The van der Waals surface area contributed by atoms with Crippen LogP contribution in [0.5, 0.6) is 0 Å². The normalized spacial score (nSPS) is 22.8. The first-order valence-corrected chi connectivity index (χ1v) is 7.36. The van der Waals surface area contributed by atoms with E-state index in [2.05, 4.69) is 24.4 Å². The zero-order valence-corrected chi connectivity index (χ0v) is 11.8. The lowest BCUT2D eigenvalue weighted by Crippen LogP contribution is -2.28. The Labute approximate surface area is 116 Å². The molecule has 0 aliphatic carbocycles. The van der Waals surface area contributed by atoms with Crippen molar-refractivity contribution in [1.82, 2.24) is 5.32 Å². The third-order valence-corrected chi connectivity index (χ3v) is 3.41. The lowest BCUT2D eigenvalue weighted by Gasteiger charge is -2.14. The Kier molecular flexibility index (Phi) is 6.34. The highest BCUT2D eigenvalue weighted by atomic mass is 16.5. The van der Waals surface area contributed by atoms with Crippen LogP contribution < -0.4 is 5.32 Å². The van der Waals surface area contributed by atoms with Gasteiger partial charge in [-0.05, 0) is 31.4 Å². The lowest BCUT2D eigenvalue weighted by molar-refractivity contribution is -0.0189. The zero-order chi connectivity index (χ0) is 13.3. The third kappa shape index (κ3) is 5.31. The minimum Gasteiger partial charge on any atom is -0.374 e. The van der Waals surface area contributed by atoms with E-state index in [-0.39, 0.29) is 6.10 Å². The average Bonchev–Trinajstić information content (AvgIpc) is 2.88. The Hall–Kier alpha value is -0.900. The topological polar surface area (TPSA) is 30.5 Å². The molecule has 19 heavy (non-hydrogen) atoms. The van der Waals surface area contributed by atoms with Crippen LogP contribution in [-0.4, -0.2) is 31.9 Å². The molecule has 106 valence electrons. The lowest BCUT2D eigenvalue weighted by atomic mass is 10.2. The first-order valence-electron chi connectivity index (χ1n) is 7.36. The van der Waals surface area contributed by atoms with Crippen LogP contribution in [0.4, 0.5) is 0 Å². The summed E-state index contributed by atoms with van der Waals surface area (Å²) >= 11 is 0. The van der Waals surface area contributed by atoms with Crippen LogP contribution in [0.3, 0.4) is 0 Å². The van der Waals surface area contributed by atoms with Gasteiger partial charge in [0.2, 0.25) is 0 Å². The van der Waals surface area contributed by atoms with Crippen molar-refractivity contribution in [3.8, 4) is 0 Å². The molecule has 1 saturated heterocycles. The molecule has 0 radical (unpaired) electrons. The van der Waals surface area contributed by atoms with Crippen LogP contribution in [-0.2, 0) is 16.1 Å². The van der Waals surface area contributed by atoms with Gasteiger partial charge in [0.25, 0.3) is 0 Å². The monoisotopic (exact) mass is 263 g/mol. The molecule has 0 bridgehead atoms. The zero-order valence-electron chi connectivity index (χ0n) is 11.8. The highest BCUT2D eigenvalue weighted by molar-refractivity contribution is 5.13. The smallest absolute Gasteiger partial charge is 0.0814 e. The van der Waals surface area contributed by atoms with Crippen molar-refractivity contribution in [1.29, 1.82) is 0 Å². The fourth-order valence-corrected chi connectivity index (χ4v) is 2.38. The van der Waals surface area contributed by atoms with E-state index in [1.807, 2.05) is 18.2 Å². The van der Waals surface area contributed by atoms with Crippen LogP contribution in [0.15, 0.2) is 30.3 Å². The maximum atomic E-state index is 5.96. The predicted octanol–water partition coefficient (Wildman–Crippen LogP) is 2.75. The summed E-state index contributed by atoms with van der Waals surface area (Å²) in [5, 5.41) is 3.41. The maximum Gasteiger partial charge on any atom is 0.0814 e. The standard InChI is InChI=1S/C16H25NO2/c1-2-10-17-11-15-8-9-16(19-15)13-18-12-14-6-4-3-5-7-14/h3-7,15-17H,2,8-13H2,1H3. The fourth-order valence-electron chi connectivity index (χ4n) is 2.38. The quantitative estimate of drug-likeness (QED) is 0.732. The van der Waals surface area contributed by atoms with E-state index in [0.717, 1.165) is 25.9 Å². The van der Waals surface area contributed by atoms with Crippen molar-refractivity contribution >= 4 is 0 Å². The van der Waals surface area contributed by atoms with E-state index < -0.39 is 0 Å². The van der Waals surface area contributed by atoms with Crippen molar-refractivity contribution in [3.63, 3.8) is 0 Å². The molecule has 1 aromatic rings. The molecular formula is C16H25NO2. The molecule has 1 aliphatic heterocycles. The molecule has 0 aromatic heterocycles. The van der Waals surface area contributed by atoms with E-state index in [0.29, 0.717) is 19.3 Å². The van der Waals surface area contributed by atoms with Gasteiger partial charge in [-0.25, -0.2) is 0 Å². The fraction of sp³-hybridized carbons (Fsp3) is 0.625. The summed E-state index contributed by atoms with van der Waals surface area (Å²) in [5.74, 6) is 0. The number of benzene rings is 1. The summed E-state index contributed by atoms with van der Waals surface area (Å²) in [6.07, 6.45) is 4.09. The summed E-state index contributed by atoms with van der Waals surface area (Å²) in [6, 6.07) is 10.3. The van der Waals surface area contributed by atoms with Crippen molar-refractivity contribution in [2.24, 2.45) is 0 Å². The van der Waals surface area contributed by atoms with Crippen LogP contribution in [0.1, 0.15) is 31.7 Å². The summed E-state index contributed by atoms with van der Waals surface area (Å²) in [6.45, 7) is 5.62. The van der Waals surface area contributed by atoms with Crippen molar-refractivity contribution < 1.29 is 9.47 Å². The van der Waals surface area contributed by atoms with E-state index >= 15 is 0 Å². The van der Waals surface area contributed by atoms with Crippen molar-refractivity contribution in [2.45, 2.75) is 45.0 Å².